The number of phenolic OH excluding ortho intramolecular Hbond substituents is 1. The van der Waals surface area contributed by atoms with Crippen LogP contribution in [0.4, 0.5) is 11.4 Å². The van der Waals surface area contributed by atoms with Gasteiger partial charge in [-0.2, -0.15) is 0 Å². The van der Waals surface area contributed by atoms with Gasteiger partial charge in [0, 0.05) is 66.8 Å². The molecule has 3 aromatic rings. The van der Waals surface area contributed by atoms with E-state index < -0.39 is 40.2 Å². The number of methoxy groups -OCH3 is 2. The van der Waals surface area contributed by atoms with Crippen molar-refractivity contribution in [1.29, 1.82) is 0 Å². The number of esters is 3. The minimum Gasteiger partial charge on any atom is -0.504 e. The number of nitrogens with one attached hydrogen (secondary N) is 2. The van der Waals surface area contributed by atoms with Gasteiger partial charge in [0.25, 0.3) is 0 Å². The second-order valence-corrected chi connectivity index (χ2v) is 19.5. The predicted molar refractivity (Wildman–Crippen MR) is 226 cm³/mol. The maximum absolute atomic E-state index is 15.1. The van der Waals surface area contributed by atoms with Gasteiger partial charge < -0.3 is 44.2 Å². The fourth-order valence-electron chi connectivity index (χ4n) is 14.8. The van der Waals surface area contributed by atoms with Crippen molar-refractivity contribution in [3.8, 4) is 11.5 Å². The summed E-state index contributed by atoms with van der Waals surface area (Å²) in [4.78, 5) is 46.6. The number of nitrogens with zero attached hydrogens (tertiary/aromatic N) is 2. The number of fused-ring (bicyclic) bond motifs is 8. The topological polar surface area (TPSA) is 157 Å². The summed E-state index contributed by atoms with van der Waals surface area (Å²) in [5, 5.41) is 20.6. The highest BCUT2D eigenvalue weighted by atomic mass is 16.6. The molecule has 0 aliphatic carbocycles. The highest BCUT2D eigenvalue weighted by molar-refractivity contribution is 6.00. The van der Waals surface area contributed by atoms with Crippen molar-refractivity contribution in [2.45, 2.75) is 86.1 Å². The first kappa shape index (κ1) is 37.8. The van der Waals surface area contributed by atoms with Gasteiger partial charge in [-0.15, -0.1) is 0 Å². The Kier molecular flexibility index (Phi) is 7.50. The van der Waals surface area contributed by atoms with Gasteiger partial charge >= 0.3 is 17.9 Å². The zero-order valence-electron chi connectivity index (χ0n) is 35.6. The molecule has 2 unspecified atom stereocenters. The summed E-state index contributed by atoms with van der Waals surface area (Å²) in [6.07, 6.45) is 5.27. The van der Waals surface area contributed by atoms with Crippen LogP contribution in [0, 0.1) is 23.7 Å². The second-order valence-electron chi connectivity index (χ2n) is 19.5. The summed E-state index contributed by atoms with van der Waals surface area (Å²) in [5.74, 6) is -1.66. The Hall–Kier alpha value is -5.73. The Balaban J connectivity index is 1.00. The minimum atomic E-state index is -1.29. The molecule has 0 spiro atoms. The van der Waals surface area contributed by atoms with Gasteiger partial charge in [-0.1, -0.05) is 36.4 Å². The van der Waals surface area contributed by atoms with Crippen LogP contribution >= 0.6 is 0 Å². The van der Waals surface area contributed by atoms with Gasteiger partial charge in [0.05, 0.1) is 73.0 Å². The van der Waals surface area contributed by atoms with E-state index >= 15 is 4.79 Å². The Labute approximate surface area is 364 Å². The van der Waals surface area contributed by atoms with E-state index in [-0.39, 0.29) is 65.0 Å². The lowest BCUT2D eigenvalue weighted by molar-refractivity contribution is -0.154. The number of hydrogen-bond donors (Lipinski definition) is 3. The molecular formula is C49H50N4O10. The molecule has 10 heterocycles. The number of benzene rings is 3. The van der Waals surface area contributed by atoms with Crippen LogP contribution < -0.4 is 15.4 Å². The molecule has 0 amide bonds. The number of ether oxygens (including phenoxy) is 6. The van der Waals surface area contributed by atoms with E-state index in [4.69, 9.17) is 28.4 Å². The van der Waals surface area contributed by atoms with Gasteiger partial charge in [0.1, 0.15) is 5.56 Å². The number of hydrogen-bond acceptors (Lipinski definition) is 14. The Morgan fingerprint density at radius 3 is 1.73 bits per heavy atom. The number of rotatable bonds is 2. The smallest absolute Gasteiger partial charge is 0.344 e. The molecule has 4 fully saturated rings. The zero-order chi connectivity index (χ0) is 42.9. The van der Waals surface area contributed by atoms with Gasteiger partial charge in [-0.25, -0.2) is 14.4 Å². The fraction of sp³-hybridized carbons (Fsp3) is 0.490. The number of carbonyl (C=O) groups is 3. The molecule has 10 aliphatic rings. The normalized spacial score (nSPS) is 39.3. The van der Waals surface area contributed by atoms with Gasteiger partial charge in [0.15, 0.2) is 11.5 Å². The first-order valence-electron chi connectivity index (χ1n) is 22.5. The quantitative estimate of drug-likeness (QED) is 0.230. The molecule has 14 heteroatoms. The molecule has 12 atom stereocenters. The third-order valence-electron chi connectivity index (χ3n) is 17.5. The van der Waals surface area contributed by atoms with Crippen molar-refractivity contribution in [3.05, 3.63) is 106 Å². The Morgan fingerprint density at radius 1 is 0.714 bits per heavy atom. The van der Waals surface area contributed by atoms with E-state index in [9.17, 15) is 14.7 Å². The molecule has 10 aliphatic heterocycles. The van der Waals surface area contributed by atoms with Gasteiger partial charge in [-0.05, 0) is 74.4 Å². The highest BCUT2D eigenvalue weighted by Crippen LogP contribution is 2.71. The molecular weight excluding hydrogens is 805 g/mol. The van der Waals surface area contributed by atoms with Gasteiger partial charge in [0.2, 0.25) is 11.4 Å². The molecule has 0 bridgehead atoms. The van der Waals surface area contributed by atoms with E-state index in [1.54, 1.807) is 12.5 Å². The maximum Gasteiger partial charge on any atom is 0.344 e. The summed E-state index contributed by atoms with van der Waals surface area (Å²) in [6, 6.07) is 18.1. The number of para-hydroxylation sites is 2. The molecule has 63 heavy (non-hydrogen) atoms. The van der Waals surface area contributed by atoms with Crippen LogP contribution in [-0.2, 0) is 44.1 Å². The second kappa shape index (κ2) is 12.5. The van der Waals surface area contributed by atoms with Crippen molar-refractivity contribution in [2.75, 3.05) is 51.0 Å². The molecule has 13 rings (SSSR count). The van der Waals surface area contributed by atoms with Crippen molar-refractivity contribution in [3.63, 3.8) is 0 Å². The monoisotopic (exact) mass is 854 g/mol. The predicted octanol–water partition coefficient (Wildman–Crippen LogP) is 5.14. The Bertz CT molecular complexity index is 2650. The third-order valence-corrected chi connectivity index (χ3v) is 17.5. The molecule has 4 saturated heterocycles. The van der Waals surface area contributed by atoms with E-state index in [0.29, 0.717) is 56.5 Å². The van der Waals surface area contributed by atoms with E-state index in [0.717, 1.165) is 40.2 Å². The summed E-state index contributed by atoms with van der Waals surface area (Å²) in [7, 11) is 2.79. The lowest BCUT2D eigenvalue weighted by Crippen LogP contribution is -2.75. The van der Waals surface area contributed by atoms with Crippen molar-refractivity contribution < 1.29 is 47.9 Å². The van der Waals surface area contributed by atoms with Crippen LogP contribution in [0.1, 0.15) is 72.1 Å². The molecule has 0 aromatic heterocycles. The molecule has 0 saturated carbocycles. The average Bonchev–Trinajstić information content (AvgIpc) is 3.89. The van der Waals surface area contributed by atoms with Crippen molar-refractivity contribution in [1.82, 2.24) is 9.80 Å². The Morgan fingerprint density at radius 2 is 1.21 bits per heavy atom. The molecule has 14 nitrogen and oxygen atoms in total. The number of aromatic hydroxyl groups is 1. The number of carbonyl (C=O) groups excluding carboxylic acids is 3. The average molecular weight is 855 g/mol. The number of phenols is 1. The summed E-state index contributed by atoms with van der Waals surface area (Å²) in [5.41, 5.74) is 2.49. The molecule has 3 N–H and O–H groups in total. The minimum absolute atomic E-state index is 0.0238. The van der Waals surface area contributed by atoms with Crippen LogP contribution in [0.25, 0.3) is 0 Å². The molecule has 3 aromatic carbocycles. The first-order chi connectivity index (χ1) is 30.5. The SMILES string of the molecule is COC(=O)C1=CO[C@@H](C)[C@H]2CN3CCC45c6ccccc6NC4(OC(=O)c4c5cc5c(c4O)O[C@]46Nc7ccccc7[C@]54CCN4C[C@@H]5[C@H](C)OC=C(C(=O)OC)[C@H]5C[C@H]46)[C@@H]3C[C@H]12. The zero-order valence-corrected chi connectivity index (χ0v) is 35.6. The van der Waals surface area contributed by atoms with E-state index in [1.807, 2.05) is 31.2 Å². The first-order valence-corrected chi connectivity index (χ1v) is 22.5. The summed E-state index contributed by atoms with van der Waals surface area (Å²) >= 11 is 0. The lowest BCUT2D eigenvalue weighted by Gasteiger charge is -2.62. The van der Waals surface area contributed by atoms with Crippen LogP contribution in [0.5, 0.6) is 11.5 Å². The summed E-state index contributed by atoms with van der Waals surface area (Å²) < 4.78 is 37.0. The van der Waals surface area contributed by atoms with Crippen molar-refractivity contribution >= 4 is 29.3 Å². The standard InChI is InChI=1S/C49H50N4O10/c1-24-28-20-52-16-14-47-33-10-6-8-12-37(33)50-48(47,38(52)17-26(28)30(22-60-24)43(55)58-3)62-42-35(47)19-34-40(41(42)54)45(57)63-49-39-18-27-29(25(2)61-23-31(27)44(56)59-4)21-53(39)15-13-46(34,49)32-9-5-7-11-36(32)51-49/h5-12,19,22-29,38-39,50-51,54H,13-18,20-21H2,1-4H3/t24-,25-,26-,27-,28+,29+,38-,39-,46?,47+,48-,49?/m0/s1. The van der Waals surface area contributed by atoms with Crippen LogP contribution in [0.2, 0.25) is 0 Å². The molecule has 326 valence electrons. The fourth-order valence-corrected chi connectivity index (χ4v) is 14.8. The van der Waals surface area contributed by atoms with Gasteiger partial charge in [-0.3, -0.25) is 9.80 Å². The van der Waals surface area contributed by atoms with E-state index in [1.165, 1.54) is 14.2 Å². The lowest BCUT2D eigenvalue weighted by atomic mass is 9.55. The van der Waals surface area contributed by atoms with Crippen LogP contribution in [0.15, 0.2) is 78.3 Å². The third kappa shape index (κ3) is 4.30. The van der Waals surface area contributed by atoms with Crippen LogP contribution in [0.3, 0.4) is 0 Å². The molecule has 0 radical (unpaired) electrons. The highest BCUT2D eigenvalue weighted by Gasteiger charge is 2.76. The summed E-state index contributed by atoms with van der Waals surface area (Å²) in [6.45, 7) is 6.84. The van der Waals surface area contributed by atoms with Crippen LogP contribution in [-0.4, -0.2) is 109 Å². The number of anilines is 2. The maximum atomic E-state index is 15.1. The largest absolute Gasteiger partial charge is 0.504 e. The van der Waals surface area contributed by atoms with Crippen molar-refractivity contribution in [2.24, 2.45) is 23.7 Å². The number of piperidine rings is 4. The van der Waals surface area contributed by atoms with E-state index in [2.05, 4.69) is 57.7 Å².